The van der Waals surface area contributed by atoms with Gasteiger partial charge in [0.2, 0.25) is 5.91 Å². The van der Waals surface area contributed by atoms with Crippen LogP contribution in [0.3, 0.4) is 0 Å². The van der Waals surface area contributed by atoms with E-state index in [1.54, 1.807) is 12.1 Å². The van der Waals surface area contributed by atoms with Crippen LogP contribution in [0.1, 0.15) is 18.9 Å². The molecule has 0 fully saturated rings. The molecule has 2 aromatic heterocycles. The number of nitrogens with zero attached hydrogens (tertiary/aromatic N) is 3. The molecule has 2 heterocycles. The summed E-state index contributed by atoms with van der Waals surface area (Å²) in [7, 11) is 2.96. The highest BCUT2D eigenvalue weighted by atomic mass is 35.5. The van der Waals surface area contributed by atoms with Gasteiger partial charge in [0.25, 0.3) is 11.1 Å². The fourth-order valence-electron chi connectivity index (χ4n) is 3.50. The summed E-state index contributed by atoms with van der Waals surface area (Å²) in [6, 6.07) is 11.0. The first-order valence-electron chi connectivity index (χ1n) is 10.6. The van der Waals surface area contributed by atoms with E-state index in [2.05, 4.69) is 22.4 Å². The summed E-state index contributed by atoms with van der Waals surface area (Å²) in [5, 5.41) is 7.12. The Kier molecular flexibility index (Phi) is 6.83. The lowest BCUT2D eigenvalue weighted by atomic mass is 10.1. The number of anilines is 1. The zero-order chi connectivity index (χ0) is 24.2. The third kappa shape index (κ3) is 4.60. The first-order valence-corrected chi connectivity index (χ1v) is 11.0. The van der Waals surface area contributed by atoms with E-state index < -0.39 is 5.56 Å². The quantitative estimate of drug-likeness (QED) is 0.398. The molecule has 4 aromatic rings. The van der Waals surface area contributed by atoms with Crippen molar-refractivity contribution in [2.24, 2.45) is 0 Å². The van der Waals surface area contributed by atoms with Gasteiger partial charge < -0.3 is 19.3 Å². The van der Waals surface area contributed by atoms with Crippen molar-refractivity contribution in [3.05, 3.63) is 63.7 Å². The van der Waals surface area contributed by atoms with Crippen molar-refractivity contribution < 1.29 is 18.8 Å². The molecule has 0 aliphatic heterocycles. The van der Waals surface area contributed by atoms with Gasteiger partial charge in [0.15, 0.2) is 0 Å². The summed E-state index contributed by atoms with van der Waals surface area (Å²) in [5.41, 5.74) is 2.92. The molecule has 0 atom stereocenters. The third-order valence-electron chi connectivity index (χ3n) is 5.41. The lowest BCUT2D eigenvalue weighted by molar-refractivity contribution is -0.116. The molecule has 1 N–H and O–H groups in total. The smallest absolute Gasteiger partial charge is 0.299 e. The third-order valence-corrected chi connectivity index (χ3v) is 5.71. The van der Waals surface area contributed by atoms with Crippen molar-refractivity contribution in [2.75, 3.05) is 19.5 Å². The first-order chi connectivity index (χ1) is 16.4. The summed E-state index contributed by atoms with van der Waals surface area (Å²) < 4.78 is 17.1. The van der Waals surface area contributed by atoms with Crippen molar-refractivity contribution in [1.82, 2.24) is 14.7 Å². The van der Waals surface area contributed by atoms with Crippen LogP contribution in [0.4, 0.5) is 5.69 Å². The Labute approximate surface area is 200 Å². The monoisotopic (exact) mass is 482 g/mol. The molecular formula is C24H23ClN4O5. The number of rotatable bonds is 8. The number of amides is 1. The second kappa shape index (κ2) is 9.96. The largest absolute Gasteiger partial charge is 0.495 e. The number of aromatic nitrogens is 3. The molecule has 176 valence electrons. The predicted molar refractivity (Wildman–Crippen MR) is 129 cm³/mol. The number of nitrogens with one attached hydrogen (secondary N) is 1. The molecule has 0 unspecified atom stereocenters. The summed E-state index contributed by atoms with van der Waals surface area (Å²) in [6.45, 7) is 2.18. The van der Waals surface area contributed by atoms with Gasteiger partial charge in [-0.3, -0.25) is 14.2 Å². The zero-order valence-electron chi connectivity index (χ0n) is 18.9. The number of hydrogen-bond acceptors (Lipinski definition) is 7. The standard InChI is InChI=1S/C24H23ClN4O5/c1-4-14-5-7-15(8-6-14)21-22-23(34-28-21)24(31)29(13-26-22)10-9-20(30)27-17-11-16(25)18(32-2)12-19(17)33-3/h5-8,11-13H,4,9-10H2,1-3H3,(H,27,30). The van der Waals surface area contributed by atoms with Gasteiger partial charge in [0.1, 0.15) is 22.7 Å². The Bertz CT molecular complexity index is 1400. The first kappa shape index (κ1) is 23.3. The maximum absolute atomic E-state index is 12.9. The number of benzene rings is 2. The van der Waals surface area contributed by atoms with Crippen LogP contribution in [-0.2, 0) is 17.8 Å². The van der Waals surface area contributed by atoms with Crippen LogP contribution in [-0.4, -0.2) is 34.8 Å². The van der Waals surface area contributed by atoms with Crippen molar-refractivity contribution in [3.8, 4) is 22.8 Å². The van der Waals surface area contributed by atoms with E-state index in [9.17, 15) is 9.59 Å². The molecule has 10 heteroatoms. The van der Waals surface area contributed by atoms with E-state index >= 15 is 0 Å². The van der Waals surface area contributed by atoms with Gasteiger partial charge in [-0.15, -0.1) is 0 Å². The summed E-state index contributed by atoms with van der Waals surface area (Å²) in [5.74, 6) is 0.493. The van der Waals surface area contributed by atoms with Gasteiger partial charge in [-0.1, -0.05) is 47.9 Å². The number of carbonyl (C=O) groups is 1. The predicted octanol–water partition coefficient (Wildman–Crippen LogP) is 4.31. The molecular weight excluding hydrogens is 460 g/mol. The van der Waals surface area contributed by atoms with Crippen LogP contribution < -0.4 is 20.3 Å². The summed E-state index contributed by atoms with van der Waals surface area (Å²) in [4.78, 5) is 29.8. The van der Waals surface area contributed by atoms with Crippen molar-refractivity contribution in [1.29, 1.82) is 0 Å². The van der Waals surface area contributed by atoms with E-state index in [0.29, 0.717) is 33.4 Å². The number of ether oxygens (including phenoxy) is 2. The molecule has 0 aliphatic carbocycles. The van der Waals surface area contributed by atoms with Crippen LogP contribution in [0.15, 0.2) is 52.0 Å². The average Bonchev–Trinajstić information content (AvgIpc) is 3.29. The number of hydrogen-bond donors (Lipinski definition) is 1. The maximum atomic E-state index is 12.9. The van der Waals surface area contributed by atoms with Crippen LogP contribution in [0.25, 0.3) is 22.4 Å². The van der Waals surface area contributed by atoms with Gasteiger partial charge in [0, 0.05) is 24.6 Å². The highest BCUT2D eigenvalue weighted by Crippen LogP contribution is 2.36. The zero-order valence-corrected chi connectivity index (χ0v) is 19.7. The lowest BCUT2D eigenvalue weighted by Gasteiger charge is -2.13. The summed E-state index contributed by atoms with van der Waals surface area (Å²) >= 11 is 6.15. The Morgan fingerprint density at radius 2 is 1.88 bits per heavy atom. The van der Waals surface area contributed by atoms with E-state index in [0.717, 1.165) is 12.0 Å². The van der Waals surface area contributed by atoms with Crippen molar-refractivity contribution in [2.45, 2.75) is 26.3 Å². The van der Waals surface area contributed by atoms with E-state index in [1.807, 2.05) is 24.3 Å². The lowest BCUT2D eigenvalue weighted by Crippen LogP contribution is -2.23. The second-order valence-electron chi connectivity index (χ2n) is 7.49. The molecule has 0 spiro atoms. The van der Waals surface area contributed by atoms with E-state index in [4.69, 9.17) is 25.6 Å². The second-order valence-corrected chi connectivity index (χ2v) is 7.89. The van der Waals surface area contributed by atoms with Gasteiger partial charge in [0.05, 0.1) is 31.3 Å². The van der Waals surface area contributed by atoms with E-state index in [-0.39, 0.29) is 24.5 Å². The number of halogens is 1. The van der Waals surface area contributed by atoms with Gasteiger partial charge in [-0.05, 0) is 18.1 Å². The minimum absolute atomic E-state index is 0.0133. The molecule has 9 nitrogen and oxygen atoms in total. The van der Waals surface area contributed by atoms with Gasteiger partial charge in [-0.25, -0.2) is 4.98 Å². The minimum atomic E-state index is -0.410. The molecule has 1 amide bonds. The Hall–Kier alpha value is -3.85. The highest BCUT2D eigenvalue weighted by molar-refractivity contribution is 6.32. The Morgan fingerprint density at radius 3 is 2.56 bits per heavy atom. The summed E-state index contributed by atoms with van der Waals surface area (Å²) in [6.07, 6.45) is 2.33. The maximum Gasteiger partial charge on any atom is 0.299 e. The van der Waals surface area contributed by atoms with Crippen molar-refractivity contribution >= 4 is 34.3 Å². The molecule has 0 saturated carbocycles. The molecule has 2 aromatic carbocycles. The SMILES string of the molecule is CCc1ccc(-c2noc3c(=O)n(CCC(=O)Nc4cc(Cl)c(OC)cc4OC)cnc23)cc1. The molecule has 34 heavy (non-hydrogen) atoms. The van der Waals surface area contributed by atoms with Gasteiger partial charge in [-0.2, -0.15) is 0 Å². The number of methoxy groups -OCH3 is 2. The number of fused-ring (bicyclic) bond motifs is 1. The van der Waals surface area contributed by atoms with Crippen LogP contribution in [0.2, 0.25) is 5.02 Å². The minimum Gasteiger partial charge on any atom is -0.495 e. The number of aryl methyl sites for hydroxylation is 2. The molecule has 0 aliphatic rings. The highest BCUT2D eigenvalue weighted by Gasteiger charge is 2.17. The Balaban J connectivity index is 1.50. The molecule has 0 radical (unpaired) electrons. The normalized spacial score (nSPS) is 10.9. The molecule has 0 bridgehead atoms. The van der Waals surface area contributed by atoms with Crippen molar-refractivity contribution in [3.63, 3.8) is 0 Å². The average molecular weight is 483 g/mol. The topological polar surface area (TPSA) is 108 Å². The fourth-order valence-corrected chi connectivity index (χ4v) is 3.74. The van der Waals surface area contributed by atoms with Crippen LogP contribution >= 0.6 is 11.6 Å². The van der Waals surface area contributed by atoms with Crippen LogP contribution in [0, 0.1) is 0 Å². The molecule has 0 saturated heterocycles. The van der Waals surface area contributed by atoms with Crippen LogP contribution in [0.5, 0.6) is 11.5 Å². The fraction of sp³-hybridized carbons (Fsp3) is 0.250. The Morgan fingerprint density at radius 1 is 1.15 bits per heavy atom. The number of carbonyl (C=O) groups excluding carboxylic acids is 1. The molecule has 4 rings (SSSR count). The van der Waals surface area contributed by atoms with Gasteiger partial charge >= 0.3 is 0 Å². The van der Waals surface area contributed by atoms with E-state index in [1.165, 1.54) is 30.7 Å².